The van der Waals surface area contributed by atoms with Gasteiger partial charge in [-0.3, -0.25) is 5.43 Å². The Labute approximate surface area is 109 Å². The molecule has 0 aliphatic rings. The van der Waals surface area contributed by atoms with Crippen molar-refractivity contribution in [3.05, 3.63) is 0 Å². The molecule has 0 heterocycles. The topological polar surface area (TPSA) is 61.8 Å². The minimum atomic E-state index is 0.422. The predicted octanol–water partition coefficient (Wildman–Crippen LogP) is 3.80. The molecule has 0 aromatic heterocycles. The van der Waals surface area contributed by atoms with Crippen LogP contribution >= 0.6 is 7.92 Å². The third-order valence-electron chi connectivity index (χ3n) is 2.55. The van der Waals surface area contributed by atoms with Crippen LogP contribution in [0.3, 0.4) is 0 Å². The number of nitriles is 1. The first kappa shape index (κ1) is 19.0. The smallest absolute Gasteiger partial charge is 0.192 e. The zero-order valence-corrected chi connectivity index (χ0v) is 12.7. The summed E-state index contributed by atoms with van der Waals surface area (Å²) in [4.78, 5) is 0. The van der Waals surface area contributed by atoms with Crippen molar-refractivity contribution < 1.29 is 0 Å². The van der Waals surface area contributed by atoms with E-state index in [9.17, 15) is 0 Å². The summed E-state index contributed by atoms with van der Waals surface area (Å²) in [5, 5.41) is 7.39. The first-order valence-corrected chi connectivity index (χ1v) is 8.73. The lowest BCUT2D eigenvalue weighted by Crippen LogP contribution is -2.12. The van der Waals surface area contributed by atoms with Crippen molar-refractivity contribution in [3.8, 4) is 6.19 Å². The zero-order chi connectivity index (χ0) is 13.4. The maximum absolute atomic E-state index is 7.39. The van der Waals surface area contributed by atoms with E-state index in [-0.39, 0.29) is 0 Å². The van der Waals surface area contributed by atoms with Gasteiger partial charge in [0.2, 0.25) is 0 Å². The maximum Gasteiger partial charge on any atom is 0.192 e. The fraction of sp³-hybridized carbons (Fsp3) is 0.923. The zero-order valence-electron chi connectivity index (χ0n) is 11.8. The Balaban J connectivity index is 0. The fourth-order valence-electron chi connectivity index (χ4n) is 1.48. The lowest BCUT2D eigenvalue weighted by molar-refractivity contribution is 0.847. The molecule has 0 aliphatic heterocycles. The van der Waals surface area contributed by atoms with Crippen LogP contribution in [0.25, 0.3) is 0 Å². The average Bonchev–Trinajstić information content (AvgIpc) is 2.38. The monoisotopic (exact) mass is 259 g/mol. The molecule has 0 saturated carbocycles. The fourth-order valence-corrected chi connectivity index (χ4v) is 4.44. The van der Waals surface area contributed by atoms with Crippen molar-refractivity contribution >= 4 is 7.92 Å². The van der Waals surface area contributed by atoms with Crippen LogP contribution in [0, 0.1) is 11.5 Å². The van der Waals surface area contributed by atoms with E-state index < -0.39 is 0 Å². The number of hydrogen-bond acceptors (Lipinski definition) is 3. The molecule has 0 atom stereocenters. The Morgan fingerprint density at radius 2 is 1.24 bits per heavy atom. The summed E-state index contributed by atoms with van der Waals surface area (Å²) in [6, 6.07) is 0. The van der Waals surface area contributed by atoms with Gasteiger partial charge in [0.15, 0.2) is 6.19 Å². The molecule has 0 amide bonds. The number of nitrogens with two attached hydrogens (primary N) is 1. The Kier molecular flexibility index (Phi) is 20.2. The second-order valence-corrected chi connectivity index (χ2v) is 6.84. The van der Waals surface area contributed by atoms with Crippen LogP contribution in [0.4, 0.5) is 0 Å². The molecule has 0 saturated heterocycles. The van der Waals surface area contributed by atoms with Crippen LogP contribution in [0.1, 0.15) is 59.3 Å². The van der Waals surface area contributed by atoms with E-state index in [0.29, 0.717) is 7.92 Å². The van der Waals surface area contributed by atoms with E-state index in [1.807, 2.05) is 0 Å². The molecule has 3 nitrogen and oxygen atoms in total. The van der Waals surface area contributed by atoms with E-state index in [4.69, 9.17) is 5.26 Å². The van der Waals surface area contributed by atoms with Crippen LogP contribution in [0.5, 0.6) is 0 Å². The number of unbranched alkanes of at least 4 members (excludes halogenated alkanes) is 3. The molecule has 4 heteroatoms. The molecule has 102 valence electrons. The maximum atomic E-state index is 7.39. The quantitative estimate of drug-likeness (QED) is 0.218. The number of hydrazine groups is 1. The van der Waals surface area contributed by atoms with Crippen molar-refractivity contribution in [2.45, 2.75) is 59.3 Å². The van der Waals surface area contributed by atoms with Crippen LogP contribution in [0.15, 0.2) is 0 Å². The van der Waals surface area contributed by atoms with Crippen molar-refractivity contribution in [2.75, 3.05) is 18.5 Å². The van der Waals surface area contributed by atoms with E-state index in [1.165, 1.54) is 44.7 Å². The van der Waals surface area contributed by atoms with Gasteiger partial charge in [-0.05, 0) is 37.7 Å². The molecule has 3 N–H and O–H groups in total. The summed E-state index contributed by atoms with van der Waals surface area (Å²) >= 11 is 0. The number of nitrogens with one attached hydrogen (secondary N) is 1. The first-order valence-electron chi connectivity index (χ1n) is 6.83. The minimum Gasteiger partial charge on any atom is -0.261 e. The largest absolute Gasteiger partial charge is 0.261 e. The normalized spacial score (nSPS) is 9.41. The highest BCUT2D eigenvalue weighted by Gasteiger charge is 2.05. The van der Waals surface area contributed by atoms with Crippen LogP contribution in [-0.2, 0) is 0 Å². The second kappa shape index (κ2) is 18.1. The average molecular weight is 259 g/mol. The predicted molar refractivity (Wildman–Crippen MR) is 79.2 cm³/mol. The van der Waals surface area contributed by atoms with Gasteiger partial charge < -0.3 is 0 Å². The SMILES string of the molecule is CCCCP(CCCC)CCCC.N#CNN. The molecule has 17 heavy (non-hydrogen) atoms. The Morgan fingerprint density at radius 1 is 0.941 bits per heavy atom. The van der Waals surface area contributed by atoms with Gasteiger partial charge in [0.1, 0.15) is 0 Å². The molecule has 0 aliphatic carbocycles. The summed E-state index contributed by atoms with van der Waals surface area (Å²) < 4.78 is 0. The molecular weight excluding hydrogens is 229 g/mol. The minimum absolute atomic E-state index is 0.422. The number of nitrogens with zero attached hydrogens (tertiary/aromatic N) is 1. The lowest BCUT2D eigenvalue weighted by atomic mass is 10.4. The summed E-state index contributed by atoms with van der Waals surface area (Å²) in [7, 11) is 0.422. The van der Waals surface area contributed by atoms with E-state index in [0.717, 1.165) is 0 Å². The van der Waals surface area contributed by atoms with Crippen molar-refractivity contribution in [1.29, 1.82) is 5.26 Å². The van der Waals surface area contributed by atoms with Gasteiger partial charge in [0.25, 0.3) is 0 Å². The molecule has 0 unspecified atom stereocenters. The third-order valence-corrected chi connectivity index (χ3v) is 5.39. The molecule has 0 radical (unpaired) electrons. The van der Waals surface area contributed by atoms with Crippen LogP contribution in [-0.4, -0.2) is 18.5 Å². The number of rotatable bonds is 9. The number of hydrogen-bond donors (Lipinski definition) is 2. The highest BCUT2D eigenvalue weighted by atomic mass is 31.1. The molecule has 0 bridgehead atoms. The highest BCUT2D eigenvalue weighted by Crippen LogP contribution is 2.38. The molecule has 0 aromatic rings. The van der Waals surface area contributed by atoms with Gasteiger partial charge in [0, 0.05) is 0 Å². The van der Waals surface area contributed by atoms with Crippen LogP contribution < -0.4 is 11.3 Å². The molecule has 0 spiro atoms. The van der Waals surface area contributed by atoms with E-state index >= 15 is 0 Å². The second-order valence-electron chi connectivity index (χ2n) is 4.16. The van der Waals surface area contributed by atoms with Crippen molar-refractivity contribution in [2.24, 2.45) is 5.84 Å². The van der Waals surface area contributed by atoms with Gasteiger partial charge in [-0.1, -0.05) is 40.0 Å². The van der Waals surface area contributed by atoms with Gasteiger partial charge in [-0.15, -0.1) is 7.92 Å². The van der Waals surface area contributed by atoms with Crippen LogP contribution in [0.2, 0.25) is 0 Å². The van der Waals surface area contributed by atoms with Gasteiger partial charge in [0.05, 0.1) is 0 Å². The summed E-state index contributed by atoms with van der Waals surface area (Å²) in [6.07, 6.45) is 14.7. The standard InChI is InChI=1S/C12H27P.CH3N3/c1-4-7-10-13(11-8-5-2)12-9-6-3;2-1-4-3/h4-12H2,1-3H3;4H,3H2. The Bertz CT molecular complexity index is 150. The highest BCUT2D eigenvalue weighted by molar-refractivity contribution is 7.57. The molecule has 0 fully saturated rings. The Morgan fingerprint density at radius 3 is 1.41 bits per heavy atom. The first-order chi connectivity index (χ1) is 8.26. The Hall–Kier alpha value is -0.320. The van der Waals surface area contributed by atoms with Gasteiger partial charge in [-0.25, -0.2) is 5.84 Å². The third kappa shape index (κ3) is 18.3. The summed E-state index contributed by atoms with van der Waals surface area (Å²) in [5.41, 5.74) is 1.74. The molecular formula is C13H30N3P. The van der Waals surface area contributed by atoms with Gasteiger partial charge >= 0.3 is 0 Å². The summed E-state index contributed by atoms with van der Waals surface area (Å²) in [6.45, 7) is 6.94. The lowest BCUT2D eigenvalue weighted by Gasteiger charge is -2.16. The van der Waals surface area contributed by atoms with Crippen molar-refractivity contribution in [1.82, 2.24) is 5.43 Å². The molecule has 0 aromatic carbocycles. The van der Waals surface area contributed by atoms with E-state index in [1.54, 1.807) is 23.9 Å². The summed E-state index contributed by atoms with van der Waals surface area (Å²) in [5.74, 6) is 4.42. The van der Waals surface area contributed by atoms with Gasteiger partial charge in [-0.2, -0.15) is 5.26 Å². The van der Waals surface area contributed by atoms with E-state index in [2.05, 4.69) is 26.6 Å². The molecule has 0 rings (SSSR count). The van der Waals surface area contributed by atoms with Crippen molar-refractivity contribution in [3.63, 3.8) is 0 Å².